The topological polar surface area (TPSA) is 111 Å². The number of ether oxygens (including phenoxy) is 1. The first-order valence-electron chi connectivity index (χ1n) is 9.08. The van der Waals surface area contributed by atoms with Gasteiger partial charge in [0.2, 0.25) is 15.9 Å². The number of nitrogens with zero attached hydrogens (tertiary/aromatic N) is 1. The van der Waals surface area contributed by atoms with E-state index in [1.165, 1.54) is 19.2 Å². The molecule has 0 spiro atoms. The Hall–Kier alpha value is -2.75. The number of methoxy groups -OCH3 is 1. The minimum absolute atomic E-state index is 0.104. The van der Waals surface area contributed by atoms with E-state index in [0.717, 1.165) is 16.5 Å². The summed E-state index contributed by atoms with van der Waals surface area (Å²) in [7, 11) is -2.07. The van der Waals surface area contributed by atoms with Crippen LogP contribution in [0.1, 0.15) is 16.8 Å². The number of amides is 1. The van der Waals surface area contributed by atoms with Gasteiger partial charge >= 0.3 is 0 Å². The molecule has 0 saturated heterocycles. The molecule has 1 heterocycles. The standard InChI is InChI=1S/C20H23N3O5S/c1-14-3-8-19-17(11-14)18(23-28-19)12-20(24)21-13-15-4-6-16(7-5-15)29(25,26)22-9-10-27-2/h3-8,11,22H,9-10,12-13H2,1-2H3,(H,21,24). The molecule has 0 bridgehead atoms. The van der Waals surface area contributed by atoms with Crippen molar-refractivity contribution in [1.29, 1.82) is 0 Å². The fourth-order valence-corrected chi connectivity index (χ4v) is 3.81. The van der Waals surface area contributed by atoms with E-state index in [1.54, 1.807) is 12.1 Å². The maximum Gasteiger partial charge on any atom is 0.240 e. The molecule has 0 aliphatic heterocycles. The van der Waals surface area contributed by atoms with E-state index in [1.807, 2.05) is 25.1 Å². The summed E-state index contributed by atoms with van der Waals surface area (Å²) >= 11 is 0. The van der Waals surface area contributed by atoms with Gasteiger partial charge in [0, 0.05) is 25.6 Å². The van der Waals surface area contributed by atoms with Crippen LogP contribution in [-0.4, -0.2) is 39.7 Å². The van der Waals surface area contributed by atoms with Crippen LogP contribution in [0.3, 0.4) is 0 Å². The Morgan fingerprint density at radius 3 is 2.66 bits per heavy atom. The summed E-state index contributed by atoms with van der Waals surface area (Å²) < 4.78 is 36.8. The molecule has 3 aromatic rings. The molecule has 29 heavy (non-hydrogen) atoms. The zero-order chi connectivity index (χ0) is 20.9. The summed E-state index contributed by atoms with van der Waals surface area (Å²) in [6.07, 6.45) is 0.104. The smallest absolute Gasteiger partial charge is 0.240 e. The first-order chi connectivity index (χ1) is 13.9. The first-order valence-corrected chi connectivity index (χ1v) is 10.6. The second-order valence-electron chi connectivity index (χ2n) is 6.62. The average Bonchev–Trinajstić information content (AvgIpc) is 3.08. The summed E-state index contributed by atoms with van der Waals surface area (Å²) in [5.41, 5.74) is 3.09. The van der Waals surface area contributed by atoms with E-state index < -0.39 is 10.0 Å². The molecule has 2 N–H and O–H groups in total. The van der Waals surface area contributed by atoms with Gasteiger partial charge < -0.3 is 14.6 Å². The maximum atomic E-state index is 12.3. The predicted octanol–water partition coefficient (Wildman–Crippen LogP) is 1.92. The predicted molar refractivity (Wildman–Crippen MR) is 108 cm³/mol. The highest BCUT2D eigenvalue weighted by molar-refractivity contribution is 7.89. The Morgan fingerprint density at radius 1 is 1.17 bits per heavy atom. The van der Waals surface area contributed by atoms with Crippen LogP contribution >= 0.6 is 0 Å². The molecule has 0 atom stereocenters. The summed E-state index contributed by atoms with van der Waals surface area (Å²) in [5, 5.41) is 7.63. The Labute approximate surface area is 169 Å². The minimum Gasteiger partial charge on any atom is -0.383 e. The van der Waals surface area contributed by atoms with Gasteiger partial charge in [0.1, 0.15) is 5.69 Å². The third kappa shape index (κ3) is 5.41. The molecule has 0 radical (unpaired) electrons. The summed E-state index contributed by atoms with van der Waals surface area (Å²) in [5.74, 6) is -0.195. The molecule has 0 saturated carbocycles. The van der Waals surface area contributed by atoms with Crippen LogP contribution in [0.15, 0.2) is 51.9 Å². The van der Waals surface area contributed by atoms with Crippen molar-refractivity contribution in [3.63, 3.8) is 0 Å². The summed E-state index contributed by atoms with van der Waals surface area (Å²) in [6.45, 7) is 2.74. The van der Waals surface area contributed by atoms with Crippen molar-refractivity contribution in [2.24, 2.45) is 0 Å². The normalized spacial score (nSPS) is 11.7. The number of aryl methyl sites for hydroxylation is 1. The molecule has 0 unspecified atom stereocenters. The maximum absolute atomic E-state index is 12.3. The van der Waals surface area contributed by atoms with Crippen molar-refractivity contribution in [3.05, 3.63) is 59.3 Å². The molecule has 0 fully saturated rings. The highest BCUT2D eigenvalue weighted by Crippen LogP contribution is 2.20. The van der Waals surface area contributed by atoms with Gasteiger partial charge in [0.05, 0.1) is 17.9 Å². The molecule has 8 nitrogen and oxygen atoms in total. The Balaban J connectivity index is 1.57. The van der Waals surface area contributed by atoms with Gasteiger partial charge in [-0.3, -0.25) is 4.79 Å². The van der Waals surface area contributed by atoms with Gasteiger partial charge in [0.15, 0.2) is 5.58 Å². The van der Waals surface area contributed by atoms with Gasteiger partial charge in [-0.25, -0.2) is 13.1 Å². The van der Waals surface area contributed by atoms with Crippen molar-refractivity contribution in [2.45, 2.75) is 24.8 Å². The van der Waals surface area contributed by atoms with Gasteiger partial charge in [-0.05, 0) is 36.8 Å². The average molecular weight is 417 g/mol. The van der Waals surface area contributed by atoms with Crippen LogP contribution in [0.25, 0.3) is 11.0 Å². The van der Waals surface area contributed by atoms with Gasteiger partial charge in [-0.1, -0.05) is 28.9 Å². The lowest BCUT2D eigenvalue weighted by Gasteiger charge is -2.08. The van der Waals surface area contributed by atoms with Crippen molar-refractivity contribution < 1.29 is 22.5 Å². The molecule has 3 rings (SSSR count). The van der Waals surface area contributed by atoms with Crippen molar-refractivity contribution in [2.75, 3.05) is 20.3 Å². The Morgan fingerprint density at radius 2 is 1.93 bits per heavy atom. The van der Waals surface area contributed by atoms with Crippen molar-refractivity contribution >= 4 is 26.9 Å². The molecule has 2 aromatic carbocycles. The van der Waals surface area contributed by atoms with Crippen molar-refractivity contribution in [1.82, 2.24) is 15.2 Å². The Kier molecular flexibility index (Phi) is 6.63. The number of sulfonamides is 1. The highest BCUT2D eigenvalue weighted by atomic mass is 32.2. The van der Waals surface area contributed by atoms with Crippen LogP contribution in [0.4, 0.5) is 0 Å². The monoisotopic (exact) mass is 417 g/mol. The molecule has 0 aliphatic rings. The fraction of sp³-hybridized carbons (Fsp3) is 0.300. The molecule has 0 aliphatic carbocycles. The van der Waals surface area contributed by atoms with E-state index in [4.69, 9.17) is 9.26 Å². The van der Waals surface area contributed by atoms with E-state index in [0.29, 0.717) is 17.9 Å². The lowest BCUT2D eigenvalue weighted by Crippen LogP contribution is -2.27. The zero-order valence-corrected chi connectivity index (χ0v) is 17.1. The van der Waals surface area contributed by atoms with Crippen LogP contribution < -0.4 is 10.0 Å². The number of rotatable bonds is 9. The quantitative estimate of drug-likeness (QED) is 0.515. The number of aromatic nitrogens is 1. The first kappa shape index (κ1) is 21.0. The number of benzene rings is 2. The molecule has 9 heteroatoms. The van der Waals surface area contributed by atoms with E-state index in [9.17, 15) is 13.2 Å². The Bertz CT molecular complexity index is 1090. The van der Waals surface area contributed by atoms with Crippen LogP contribution in [0, 0.1) is 6.92 Å². The lowest BCUT2D eigenvalue weighted by atomic mass is 10.1. The summed E-state index contributed by atoms with van der Waals surface area (Å²) in [6, 6.07) is 12.0. The third-order valence-corrected chi connectivity index (χ3v) is 5.83. The summed E-state index contributed by atoms with van der Waals surface area (Å²) in [4.78, 5) is 12.4. The SMILES string of the molecule is COCCNS(=O)(=O)c1ccc(CNC(=O)Cc2noc3ccc(C)cc23)cc1. The number of hydrogen-bond acceptors (Lipinski definition) is 6. The number of hydrogen-bond donors (Lipinski definition) is 2. The highest BCUT2D eigenvalue weighted by Gasteiger charge is 2.14. The van der Waals surface area contributed by atoms with Crippen molar-refractivity contribution in [3.8, 4) is 0 Å². The van der Waals surface area contributed by atoms with Gasteiger partial charge in [0.25, 0.3) is 0 Å². The second-order valence-corrected chi connectivity index (χ2v) is 8.38. The van der Waals surface area contributed by atoms with E-state index in [-0.39, 0.29) is 30.3 Å². The number of carbonyl (C=O) groups is 1. The molecule has 154 valence electrons. The number of fused-ring (bicyclic) bond motifs is 1. The lowest BCUT2D eigenvalue weighted by molar-refractivity contribution is -0.120. The molecular formula is C20H23N3O5S. The van der Waals surface area contributed by atoms with E-state index in [2.05, 4.69) is 15.2 Å². The largest absolute Gasteiger partial charge is 0.383 e. The minimum atomic E-state index is -3.58. The second kappa shape index (κ2) is 9.17. The van der Waals surface area contributed by atoms with Gasteiger partial charge in [-0.2, -0.15) is 0 Å². The third-order valence-electron chi connectivity index (χ3n) is 4.35. The molecule has 1 aromatic heterocycles. The van der Waals surface area contributed by atoms with Crippen LogP contribution in [0.2, 0.25) is 0 Å². The molecular weight excluding hydrogens is 394 g/mol. The zero-order valence-electron chi connectivity index (χ0n) is 16.3. The van der Waals surface area contributed by atoms with E-state index >= 15 is 0 Å². The molecule has 1 amide bonds. The fourth-order valence-electron chi connectivity index (χ4n) is 2.79. The van der Waals surface area contributed by atoms with Crippen LogP contribution in [-0.2, 0) is 32.5 Å². The number of nitrogens with one attached hydrogen (secondary N) is 2. The van der Waals surface area contributed by atoms with Crippen LogP contribution in [0.5, 0.6) is 0 Å². The van der Waals surface area contributed by atoms with Gasteiger partial charge in [-0.15, -0.1) is 0 Å². The number of carbonyl (C=O) groups excluding carboxylic acids is 1.